The van der Waals surface area contributed by atoms with Crippen molar-refractivity contribution in [1.82, 2.24) is 9.88 Å². The number of benzene rings is 1. The summed E-state index contributed by atoms with van der Waals surface area (Å²) < 4.78 is 1.65. The summed E-state index contributed by atoms with van der Waals surface area (Å²) in [6, 6.07) is 13.0. The molecule has 3 rings (SSSR count). The molecule has 122 valence electrons. The SMILES string of the molecule is Cl.NC1(C(=O)NCc2ccc(Cn3ccccc3=O)cc2)CC1. The summed E-state index contributed by atoms with van der Waals surface area (Å²) >= 11 is 0. The lowest BCUT2D eigenvalue weighted by Crippen LogP contribution is -2.42. The van der Waals surface area contributed by atoms with Gasteiger partial charge in [-0.1, -0.05) is 30.3 Å². The Balaban J connectivity index is 0.00000192. The number of rotatable bonds is 5. The Kier molecular flexibility index (Phi) is 5.23. The van der Waals surface area contributed by atoms with Gasteiger partial charge >= 0.3 is 0 Å². The first-order chi connectivity index (χ1) is 10.6. The predicted molar refractivity (Wildman–Crippen MR) is 91.5 cm³/mol. The number of hydrogen-bond acceptors (Lipinski definition) is 3. The lowest BCUT2D eigenvalue weighted by Gasteiger charge is -2.10. The van der Waals surface area contributed by atoms with Crippen molar-refractivity contribution in [3.63, 3.8) is 0 Å². The maximum atomic E-state index is 11.8. The minimum absolute atomic E-state index is 0. The molecule has 0 unspecified atom stereocenters. The molecule has 1 aromatic carbocycles. The second-order valence-electron chi connectivity index (χ2n) is 5.82. The second kappa shape index (κ2) is 6.98. The molecule has 1 aromatic heterocycles. The smallest absolute Gasteiger partial charge is 0.250 e. The van der Waals surface area contributed by atoms with Crippen LogP contribution in [0, 0.1) is 0 Å². The molecule has 0 atom stereocenters. The van der Waals surface area contributed by atoms with Gasteiger partial charge in [-0.25, -0.2) is 0 Å². The van der Waals surface area contributed by atoms with Gasteiger partial charge < -0.3 is 15.6 Å². The average Bonchev–Trinajstić information content (AvgIpc) is 3.28. The van der Waals surface area contributed by atoms with Crippen LogP contribution in [0.4, 0.5) is 0 Å². The zero-order chi connectivity index (χ0) is 15.6. The number of nitrogens with two attached hydrogens (primary N) is 1. The van der Waals surface area contributed by atoms with E-state index in [2.05, 4.69) is 5.32 Å². The number of pyridine rings is 1. The van der Waals surface area contributed by atoms with E-state index in [0.717, 1.165) is 24.0 Å². The molecule has 1 heterocycles. The lowest BCUT2D eigenvalue weighted by atomic mass is 10.1. The Morgan fingerprint density at radius 1 is 1.13 bits per heavy atom. The van der Waals surface area contributed by atoms with Gasteiger partial charge in [-0.3, -0.25) is 9.59 Å². The van der Waals surface area contributed by atoms with E-state index in [1.165, 1.54) is 0 Å². The Hall–Kier alpha value is -2.11. The molecule has 0 spiro atoms. The standard InChI is InChI=1S/C17H19N3O2.ClH/c18-17(8-9-17)16(22)19-11-13-4-6-14(7-5-13)12-20-10-2-1-3-15(20)21;/h1-7,10H,8-9,11-12,18H2,(H,19,22);1H. The van der Waals surface area contributed by atoms with Crippen molar-refractivity contribution >= 4 is 18.3 Å². The third-order valence-corrected chi connectivity index (χ3v) is 3.97. The third kappa shape index (κ3) is 4.21. The van der Waals surface area contributed by atoms with Gasteiger partial charge in [0.05, 0.1) is 12.1 Å². The van der Waals surface area contributed by atoms with Crippen molar-refractivity contribution in [1.29, 1.82) is 0 Å². The largest absolute Gasteiger partial charge is 0.350 e. The first-order valence-corrected chi connectivity index (χ1v) is 7.37. The van der Waals surface area contributed by atoms with Crippen LogP contribution in [0.5, 0.6) is 0 Å². The highest BCUT2D eigenvalue weighted by Gasteiger charge is 2.45. The van der Waals surface area contributed by atoms with Crippen molar-refractivity contribution in [2.24, 2.45) is 5.73 Å². The summed E-state index contributed by atoms with van der Waals surface area (Å²) in [5, 5.41) is 2.86. The molecule has 3 N–H and O–H groups in total. The van der Waals surface area contributed by atoms with Crippen LogP contribution in [0.15, 0.2) is 53.5 Å². The molecule has 1 aliphatic rings. The Labute approximate surface area is 140 Å². The minimum atomic E-state index is -0.631. The molecule has 1 saturated carbocycles. The van der Waals surface area contributed by atoms with Crippen molar-refractivity contribution in [2.45, 2.75) is 31.5 Å². The van der Waals surface area contributed by atoms with E-state index in [1.54, 1.807) is 22.9 Å². The molecule has 0 bridgehead atoms. The molecule has 0 radical (unpaired) electrons. The summed E-state index contributed by atoms with van der Waals surface area (Å²) in [6.45, 7) is 1.02. The highest BCUT2D eigenvalue weighted by Crippen LogP contribution is 2.32. The quantitative estimate of drug-likeness (QED) is 0.869. The van der Waals surface area contributed by atoms with Crippen LogP contribution in [0.2, 0.25) is 0 Å². The fourth-order valence-electron chi connectivity index (χ4n) is 2.27. The van der Waals surface area contributed by atoms with Gasteiger partial charge in [-0.15, -0.1) is 12.4 Å². The molecular weight excluding hydrogens is 314 g/mol. The minimum Gasteiger partial charge on any atom is -0.350 e. The summed E-state index contributed by atoms with van der Waals surface area (Å²) in [5.41, 5.74) is 7.24. The van der Waals surface area contributed by atoms with E-state index < -0.39 is 5.54 Å². The second-order valence-corrected chi connectivity index (χ2v) is 5.82. The maximum absolute atomic E-state index is 11.8. The van der Waals surface area contributed by atoms with Gasteiger partial charge in [0.2, 0.25) is 5.91 Å². The predicted octanol–water partition coefficient (Wildman–Crippen LogP) is 1.43. The number of nitrogens with one attached hydrogen (secondary N) is 1. The van der Waals surface area contributed by atoms with Crippen LogP contribution < -0.4 is 16.6 Å². The number of aromatic nitrogens is 1. The van der Waals surface area contributed by atoms with Gasteiger partial charge in [0.1, 0.15) is 0 Å². The van der Waals surface area contributed by atoms with E-state index in [4.69, 9.17) is 5.73 Å². The highest BCUT2D eigenvalue weighted by atomic mass is 35.5. The van der Waals surface area contributed by atoms with Crippen LogP contribution in [0.25, 0.3) is 0 Å². The first kappa shape index (κ1) is 17.2. The lowest BCUT2D eigenvalue weighted by molar-refractivity contribution is -0.123. The normalized spacial score (nSPS) is 14.7. The molecule has 6 heteroatoms. The number of halogens is 1. The number of carbonyl (C=O) groups is 1. The van der Waals surface area contributed by atoms with Crippen LogP contribution in [0.1, 0.15) is 24.0 Å². The van der Waals surface area contributed by atoms with Crippen LogP contribution in [0.3, 0.4) is 0 Å². The zero-order valence-corrected chi connectivity index (χ0v) is 13.5. The summed E-state index contributed by atoms with van der Waals surface area (Å²) in [6.07, 6.45) is 3.31. The van der Waals surface area contributed by atoms with E-state index >= 15 is 0 Å². The molecular formula is C17H20ClN3O2. The van der Waals surface area contributed by atoms with Gasteiger partial charge in [-0.05, 0) is 30.0 Å². The van der Waals surface area contributed by atoms with Gasteiger partial charge in [-0.2, -0.15) is 0 Å². The zero-order valence-electron chi connectivity index (χ0n) is 12.7. The van der Waals surface area contributed by atoms with Crippen LogP contribution in [-0.4, -0.2) is 16.0 Å². The number of hydrogen-bond donors (Lipinski definition) is 2. The molecule has 0 aliphatic heterocycles. The Morgan fingerprint density at radius 3 is 2.39 bits per heavy atom. The maximum Gasteiger partial charge on any atom is 0.250 e. The fraction of sp³-hybridized carbons (Fsp3) is 0.294. The van der Waals surface area contributed by atoms with E-state index in [-0.39, 0.29) is 23.9 Å². The molecule has 2 aromatic rings. The van der Waals surface area contributed by atoms with E-state index in [1.807, 2.05) is 30.3 Å². The van der Waals surface area contributed by atoms with Crippen LogP contribution >= 0.6 is 12.4 Å². The average molecular weight is 334 g/mol. The summed E-state index contributed by atoms with van der Waals surface area (Å²) in [5.74, 6) is -0.0765. The van der Waals surface area contributed by atoms with Crippen LogP contribution in [-0.2, 0) is 17.9 Å². The molecule has 0 saturated heterocycles. The Morgan fingerprint density at radius 2 is 1.78 bits per heavy atom. The van der Waals surface area contributed by atoms with E-state index in [0.29, 0.717) is 13.1 Å². The van der Waals surface area contributed by atoms with Crippen molar-refractivity contribution in [2.75, 3.05) is 0 Å². The number of carbonyl (C=O) groups excluding carboxylic acids is 1. The Bertz CT molecular complexity index is 736. The first-order valence-electron chi connectivity index (χ1n) is 7.37. The molecule has 5 nitrogen and oxygen atoms in total. The van der Waals surface area contributed by atoms with E-state index in [9.17, 15) is 9.59 Å². The van der Waals surface area contributed by atoms with Crippen molar-refractivity contribution < 1.29 is 4.79 Å². The summed E-state index contributed by atoms with van der Waals surface area (Å²) in [7, 11) is 0. The molecule has 23 heavy (non-hydrogen) atoms. The monoisotopic (exact) mass is 333 g/mol. The number of nitrogens with zero attached hydrogens (tertiary/aromatic N) is 1. The molecule has 1 amide bonds. The molecule has 1 aliphatic carbocycles. The molecule has 1 fully saturated rings. The fourth-order valence-corrected chi connectivity index (χ4v) is 2.27. The van der Waals surface area contributed by atoms with Gasteiger partial charge in [0.25, 0.3) is 5.56 Å². The number of amides is 1. The van der Waals surface area contributed by atoms with Crippen molar-refractivity contribution in [3.05, 3.63) is 70.1 Å². The van der Waals surface area contributed by atoms with Gasteiger partial charge in [0.15, 0.2) is 0 Å². The van der Waals surface area contributed by atoms with Crippen molar-refractivity contribution in [3.8, 4) is 0 Å². The topological polar surface area (TPSA) is 77.1 Å². The summed E-state index contributed by atoms with van der Waals surface area (Å²) in [4.78, 5) is 23.4. The van der Waals surface area contributed by atoms with Gasteiger partial charge in [0, 0.05) is 18.8 Å². The third-order valence-electron chi connectivity index (χ3n) is 3.97. The highest BCUT2D eigenvalue weighted by molar-refractivity contribution is 5.88.